The predicted molar refractivity (Wildman–Crippen MR) is 57.8 cm³/mol. The molecule has 1 aromatic carbocycles. The number of hydrogen-bond acceptors (Lipinski definition) is 1. The van der Waals surface area contributed by atoms with E-state index in [0.717, 1.165) is 5.92 Å². The molecule has 1 N–H and O–H groups in total. The Bertz CT molecular complexity index is 195. The number of halogens is 1. The molecule has 0 aliphatic rings. The molecule has 0 aliphatic carbocycles. The van der Waals surface area contributed by atoms with Crippen LogP contribution in [0.5, 0.6) is 0 Å². The van der Waals surface area contributed by atoms with Crippen LogP contribution in [0.15, 0.2) is 30.3 Å². The van der Waals surface area contributed by atoms with E-state index >= 15 is 0 Å². The van der Waals surface area contributed by atoms with E-state index in [4.69, 9.17) is 4.66 Å². The maximum Gasteiger partial charge on any atom is 0.0579 e. The zero-order chi connectivity index (χ0) is 10.1. The molecule has 0 heterocycles. The van der Waals surface area contributed by atoms with Crippen LogP contribution in [0.3, 0.4) is 0 Å². The van der Waals surface area contributed by atoms with Crippen molar-refractivity contribution in [3.63, 3.8) is 0 Å². The lowest BCUT2D eigenvalue weighted by atomic mass is 9.94. The number of rotatable bonds is 3. The Morgan fingerprint density at radius 2 is 1.54 bits per heavy atom. The summed E-state index contributed by atoms with van der Waals surface area (Å²) in [5.41, 5.74) is 1.48. The average molecular weight is 201 g/mol. The summed E-state index contributed by atoms with van der Waals surface area (Å²) in [7, 11) is 0. The average Bonchev–Trinajstić information content (AvgIpc) is 2.24. The molecule has 1 rings (SSSR count). The maximum absolute atomic E-state index is 6.47. The van der Waals surface area contributed by atoms with Crippen molar-refractivity contribution in [3.8, 4) is 0 Å². The molecule has 0 saturated carbocycles. The van der Waals surface area contributed by atoms with E-state index in [1.165, 1.54) is 18.4 Å². The van der Waals surface area contributed by atoms with Crippen LogP contribution < -0.4 is 0 Å². The second kappa shape index (κ2) is 8.09. The molecule has 0 aromatic heterocycles. The molecule has 13 heavy (non-hydrogen) atoms. The van der Waals surface area contributed by atoms with Gasteiger partial charge in [0.05, 0.1) is 11.9 Å². The summed E-state index contributed by atoms with van der Waals surface area (Å²) in [5.74, 6) is 0.760. The third kappa shape index (κ3) is 4.30. The van der Waals surface area contributed by atoms with E-state index in [1.807, 2.05) is 0 Å². The fourth-order valence-corrected chi connectivity index (χ4v) is 1.49. The fraction of sp³-hybridized carbons (Fsp3) is 0.455. The van der Waals surface area contributed by atoms with Gasteiger partial charge in [-0.1, -0.05) is 44.2 Å². The highest BCUT2D eigenvalue weighted by Gasteiger charge is 2.03. The molecule has 0 saturated heterocycles. The van der Waals surface area contributed by atoms with Crippen LogP contribution in [0.1, 0.15) is 38.2 Å². The number of benzene rings is 1. The Morgan fingerprint density at radius 3 is 1.92 bits per heavy atom. The Hall–Kier alpha value is -0.530. The summed E-state index contributed by atoms with van der Waals surface area (Å²) in [5, 5.41) is 0. The van der Waals surface area contributed by atoms with Gasteiger partial charge in [-0.15, -0.1) is 0 Å². The highest BCUT2D eigenvalue weighted by Crippen LogP contribution is 2.21. The van der Waals surface area contributed by atoms with E-state index in [1.54, 1.807) is 0 Å². The molecule has 0 aliphatic heterocycles. The van der Waals surface area contributed by atoms with Gasteiger partial charge in [-0.3, -0.25) is 4.66 Å². The first-order valence-corrected chi connectivity index (χ1v) is 4.94. The van der Waals surface area contributed by atoms with Gasteiger partial charge < -0.3 is 0 Å². The summed E-state index contributed by atoms with van der Waals surface area (Å²) < 4.78 is 6.47. The molecule has 2 heteroatoms. The van der Waals surface area contributed by atoms with E-state index in [-0.39, 0.29) is 0 Å². The summed E-state index contributed by atoms with van der Waals surface area (Å²) in [6.07, 6.45) is 2.50. The van der Waals surface area contributed by atoms with Crippen LogP contribution in [0.4, 0.5) is 0 Å². The van der Waals surface area contributed by atoms with Gasteiger partial charge in [0.25, 0.3) is 0 Å². The van der Waals surface area contributed by atoms with Crippen LogP contribution >= 0.6 is 11.9 Å². The minimum atomic E-state index is 0.760. The minimum Gasteiger partial charge on any atom is -0.295 e. The molecule has 74 valence electrons. The standard InChI is InChI=1S/C11H16.ClHO/c1-3-10(4-2)11-8-6-5-7-9-11;1-2/h5-10H,3-4H2,1-2H3;2H. The van der Waals surface area contributed by atoms with Gasteiger partial charge in [-0.25, -0.2) is 0 Å². The molecule has 1 aromatic rings. The maximum atomic E-state index is 6.47. The van der Waals surface area contributed by atoms with Crippen molar-refractivity contribution in [3.05, 3.63) is 35.9 Å². The molecule has 0 radical (unpaired) electrons. The molecular weight excluding hydrogens is 184 g/mol. The SMILES string of the molecule is CCC(CC)c1ccccc1.OCl. The van der Waals surface area contributed by atoms with Crippen molar-refractivity contribution >= 4 is 11.9 Å². The Balaban J connectivity index is 0.000000671. The molecule has 0 bridgehead atoms. The van der Waals surface area contributed by atoms with Gasteiger partial charge in [-0.2, -0.15) is 0 Å². The first-order chi connectivity index (χ1) is 6.38. The molecule has 0 atom stereocenters. The van der Waals surface area contributed by atoms with Gasteiger partial charge in [-0.05, 0) is 24.3 Å². The molecule has 0 amide bonds. The van der Waals surface area contributed by atoms with Crippen LogP contribution in [0, 0.1) is 0 Å². The van der Waals surface area contributed by atoms with Crippen LogP contribution in [0.25, 0.3) is 0 Å². The van der Waals surface area contributed by atoms with Crippen LogP contribution in [-0.4, -0.2) is 4.66 Å². The molecule has 1 nitrogen and oxygen atoms in total. The number of hydrogen-bond donors (Lipinski definition) is 1. The Labute approximate surface area is 85.5 Å². The van der Waals surface area contributed by atoms with Gasteiger partial charge >= 0.3 is 0 Å². The second-order valence-corrected chi connectivity index (χ2v) is 2.92. The summed E-state index contributed by atoms with van der Waals surface area (Å²) in [6, 6.07) is 10.8. The first kappa shape index (κ1) is 12.5. The van der Waals surface area contributed by atoms with E-state index < -0.39 is 0 Å². The molecule has 0 unspecified atom stereocenters. The zero-order valence-corrected chi connectivity index (χ0v) is 8.96. The second-order valence-electron chi connectivity index (χ2n) is 2.92. The van der Waals surface area contributed by atoms with E-state index in [0.29, 0.717) is 0 Å². The zero-order valence-electron chi connectivity index (χ0n) is 8.20. The predicted octanol–water partition coefficient (Wildman–Crippen LogP) is 3.72. The minimum absolute atomic E-state index is 0.760. The normalized spacial score (nSPS) is 9.31. The molecule has 0 fully saturated rings. The topological polar surface area (TPSA) is 20.2 Å². The summed E-state index contributed by atoms with van der Waals surface area (Å²) in [4.78, 5) is 0. The lowest BCUT2D eigenvalue weighted by molar-refractivity contribution is 0.632. The smallest absolute Gasteiger partial charge is 0.0579 e. The first-order valence-electron chi connectivity index (χ1n) is 4.60. The largest absolute Gasteiger partial charge is 0.295 e. The van der Waals surface area contributed by atoms with Crippen molar-refractivity contribution in [1.29, 1.82) is 0 Å². The van der Waals surface area contributed by atoms with Crippen molar-refractivity contribution in [2.24, 2.45) is 0 Å². The monoisotopic (exact) mass is 200 g/mol. The quantitative estimate of drug-likeness (QED) is 0.789. The Morgan fingerprint density at radius 1 is 1.08 bits per heavy atom. The third-order valence-electron chi connectivity index (χ3n) is 2.26. The van der Waals surface area contributed by atoms with E-state index in [2.05, 4.69) is 56.0 Å². The van der Waals surface area contributed by atoms with Crippen molar-refractivity contribution in [1.82, 2.24) is 0 Å². The summed E-state index contributed by atoms with van der Waals surface area (Å²) in [6.45, 7) is 4.50. The van der Waals surface area contributed by atoms with Crippen molar-refractivity contribution < 1.29 is 4.66 Å². The lowest BCUT2D eigenvalue weighted by Crippen LogP contribution is -1.93. The van der Waals surface area contributed by atoms with Crippen LogP contribution in [0.2, 0.25) is 0 Å². The van der Waals surface area contributed by atoms with Crippen molar-refractivity contribution in [2.45, 2.75) is 32.6 Å². The van der Waals surface area contributed by atoms with Crippen molar-refractivity contribution in [2.75, 3.05) is 0 Å². The van der Waals surface area contributed by atoms with Gasteiger partial charge in [0.1, 0.15) is 0 Å². The highest BCUT2D eigenvalue weighted by molar-refractivity contribution is 6.04. The fourth-order valence-electron chi connectivity index (χ4n) is 1.49. The third-order valence-corrected chi connectivity index (χ3v) is 2.26. The van der Waals surface area contributed by atoms with Gasteiger partial charge in [0.2, 0.25) is 0 Å². The van der Waals surface area contributed by atoms with Gasteiger partial charge in [0.15, 0.2) is 0 Å². The Kier molecular flexibility index (Phi) is 7.76. The van der Waals surface area contributed by atoms with Crippen LogP contribution in [-0.2, 0) is 0 Å². The molecule has 0 spiro atoms. The highest BCUT2D eigenvalue weighted by atomic mass is 35.5. The summed E-state index contributed by atoms with van der Waals surface area (Å²) >= 11 is 3.64. The van der Waals surface area contributed by atoms with Gasteiger partial charge in [0, 0.05) is 0 Å². The van der Waals surface area contributed by atoms with E-state index in [9.17, 15) is 0 Å². The lowest BCUT2D eigenvalue weighted by Gasteiger charge is -2.11. The molecular formula is C11H17ClO.